The first-order valence-electron chi connectivity index (χ1n) is 1.63. The fourth-order valence-corrected chi connectivity index (χ4v) is 0.370. The first-order valence-corrected chi connectivity index (χ1v) is 2.48. The first kappa shape index (κ1) is 10.8. The Bertz CT molecular complexity index is 61.2. The van der Waals surface area contributed by atoms with E-state index < -0.39 is 0 Å². The fraction of sp³-hybridized carbons (Fsp3) is 0.667. The minimum atomic E-state index is 0. The van der Waals surface area contributed by atoms with Crippen LogP contribution in [0.2, 0.25) is 0 Å². The van der Waals surface area contributed by atoms with Crippen molar-refractivity contribution in [1.82, 2.24) is 0 Å². The Morgan fingerprint density at radius 3 is 2.43 bits per heavy atom. The quantitative estimate of drug-likeness (QED) is 0.259. The van der Waals surface area contributed by atoms with Gasteiger partial charge >= 0.3 is 18.9 Å². The summed E-state index contributed by atoms with van der Waals surface area (Å²) in [6.07, 6.45) is 0. The van der Waals surface area contributed by atoms with Gasteiger partial charge in [-0.25, -0.2) is 0 Å². The van der Waals surface area contributed by atoms with Crippen LogP contribution in [-0.4, -0.2) is 11.0 Å². The summed E-state index contributed by atoms with van der Waals surface area (Å²) in [7, 11) is 0. The van der Waals surface area contributed by atoms with Crippen molar-refractivity contribution >= 4 is 29.2 Å². The SMILES string of the molecule is CCOC(=S)S.[H-].[Li+]. The summed E-state index contributed by atoms with van der Waals surface area (Å²) in [5, 5.41) is 0. The number of rotatable bonds is 1. The van der Waals surface area contributed by atoms with Gasteiger partial charge in [-0.3, -0.25) is 0 Å². The third kappa shape index (κ3) is 10.9. The van der Waals surface area contributed by atoms with Crippen molar-refractivity contribution in [3.05, 3.63) is 0 Å². The van der Waals surface area contributed by atoms with Gasteiger partial charge < -0.3 is 6.16 Å². The van der Waals surface area contributed by atoms with E-state index in [1.54, 1.807) is 0 Å². The van der Waals surface area contributed by atoms with Gasteiger partial charge in [-0.15, -0.1) is 0 Å². The van der Waals surface area contributed by atoms with Crippen molar-refractivity contribution < 1.29 is 25.0 Å². The van der Waals surface area contributed by atoms with E-state index in [-0.39, 0.29) is 20.3 Å². The maximum absolute atomic E-state index is 4.64. The number of ether oxygens (including phenoxy) is 1. The Balaban J connectivity index is -0.000000125. The van der Waals surface area contributed by atoms with Crippen LogP contribution in [0.5, 0.6) is 0 Å². The molecule has 0 spiro atoms. The normalized spacial score (nSPS) is 6.57. The van der Waals surface area contributed by atoms with E-state index in [1.807, 2.05) is 6.92 Å². The zero-order chi connectivity index (χ0) is 4.99. The third-order valence-corrected chi connectivity index (χ3v) is 0.515. The maximum atomic E-state index is 4.64. The number of hydrogen-bond acceptors (Lipinski definition) is 2. The molecular formula is C3H7LiOS2. The molecule has 0 saturated carbocycles. The maximum Gasteiger partial charge on any atom is 1.00 e. The van der Waals surface area contributed by atoms with Gasteiger partial charge in [0.25, 0.3) is 0 Å². The first-order chi connectivity index (χ1) is 2.77. The Labute approximate surface area is 67.9 Å². The molecule has 0 saturated heterocycles. The Hall–Kier alpha value is 0.837. The van der Waals surface area contributed by atoms with Gasteiger partial charge in [-0.05, 0) is 19.1 Å². The monoisotopic (exact) mass is 130 g/mol. The molecule has 0 atom stereocenters. The zero-order valence-electron chi connectivity index (χ0n) is 5.47. The van der Waals surface area contributed by atoms with Gasteiger partial charge in [0, 0.05) is 0 Å². The molecule has 0 aliphatic heterocycles. The smallest absolute Gasteiger partial charge is 1.00 e. The summed E-state index contributed by atoms with van der Waals surface area (Å²) in [4.78, 5) is 0. The second-order valence-electron chi connectivity index (χ2n) is 0.699. The Morgan fingerprint density at radius 2 is 2.43 bits per heavy atom. The minimum absolute atomic E-state index is 0. The van der Waals surface area contributed by atoms with E-state index in [0.717, 1.165) is 0 Å². The Morgan fingerprint density at radius 1 is 2.00 bits per heavy atom. The summed E-state index contributed by atoms with van der Waals surface area (Å²) >= 11 is 8.12. The molecule has 0 fully saturated rings. The average Bonchev–Trinajstić information content (AvgIpc) is 1.35. The summed E-state index contributed by atoms with van der Waals surface area (Å²) < 4.78 is 4.95. The van der Waals surface area contributed by atoms with E-state index in [2.05, 4.69) is 29.6 Å². The molecule has 1 nitrogen and oxygen atoms in total. The van der Waals surface area contributed by atoms with Gasteiger partial charge in [0.1, 0.15) is 0 Å². The molecule has 38 valence electrons. The number of thiol groups is 1. The molecule has 0 rings (SSSR count). The van der Waals surface area contributed by atoms with E-state index in [0.29, 0.717) is 11.0 Å². The van der Waals surface area contributed by atoms with E-state index in [4.69, 9.17) is 0 Å². The molecule has 0 N–H and O–H groups in total. The van der Waals surface area contributed by atoms with Gasteiger partial charge in [-0.1, -0.05) is 12.6 Å². The largest absolute Gasteiger partial charge is 1.00 e. The van der Waals surface area contributed by atoms with E-state index >= 15 is 0 Å². The molecule has 0 heterocycles. The van der Waals surface area contributed by atoms with Crippen molar-refractivity contribution in [3.63, 3.8) is 0 Å². The molecule has 0 amide bonds. The van der Waals surface area contributed by atoms with Crippen LogP contribution in [-0.2, 0) is 4.74 Å². The van der Waals surface area contributed by atoms with E-state index in [1.165, 1.54) is 0 Å². The second-order valence-corrected chi connectivity index (χ2v) is 1.78. The van der Waals surface area contributed by atoms with Crippen LogP contribution in [0.3, 0.4) is 0 Å². The summed E-state index contributed by atoms with van der Waals surface area (Å²) in [5.41, 5.74) is 0. The molecule has 0 unspecified atom stereocenters. The molecule has 7 heavy (non-hydrogen) atoms. The summed E-state index contributed by atoms with van der Waals surface area (Å²) in [6.45, 7) is 2.48. The Kier molecular flexibility index (Phi) is 10.5. The van der Waals surface area contributed by atoms with Gasteiger partial charge in [0.2, 0.25) is 4.38 Å². The molecule has 0 radical (unpaired) electrons. The van der Waals surface area contributed by atoms with Crippen molar-refractivity contribution in [2.24, 2.45) is 0 Å². The molecule has 4 heteroatoms. The number of hydrogen-bond donors (Lipinski definition) is 1. The van der Waals surface area contributed by atoms with Crippen LogP contribution < -0.4 is 18.9 Å². The van der Waals surface area contributed by atoms with Crippen LogP contribution in [0.1, 0.15) is 8.35 Å². The molecular weight excluding hydrogens is 123 g/mol. The molecule has 0 bridgehead atoms. The van der Waals surface area contributed by atoms with Crippen molar-refractivity contribution in [2.45, 2.75) is 6.92 Å². The van der Waals surface area contributed by atoms with Gasteiger partial charge in [0.05, 0.1) is 6.61 Å². The summed E-state index contributed by atoms with van der Waals surface area (Å²) in [5.74, 6) is 0. The van der Waals surface area contributed by atoms with Crippen LogP contribution in [0.4, 0.5) is 0 Å². The molecule has 0 aromatic rings. The standard InChI is InChI=1S/C3H6OS2.Li.H/c1-2-4-3(5)6;;/h2H2,1H3,(H,5,6);;/q;+1;-1. The fourth-order valence-electron chi connectivity index (χ4n) is 0.123. The van der Waals surface area contributed by atoms with Gasteiger partial charge in [0.15, 0.2) is 0 Å². The molecule has 0 aromatic carbocycles. The van der Waals surface area contributed by atoms with Crippen LogP contribution >= 0.6 is 24.8 Å². The number of thiocarbonyl (C=S) groups is 1. The summed E-state index contributed by atoms with van der Waals surface area (Å²) in [6, 6.07) is 0. The minimum Gasteiger partial charge on any atom is -1.00 e. The van der Waals surface area contributed by atoms with Crippen molar-refractivity contribution in [1.29, 1.82) is 0 Å². The van der Waals surface area contributed by atoms with Crippen LogP contribution in [0, 0.1) is 0 Å². The van der Waals surface area contributed by atoms with Crippen LogP contribution in [0.15, 0.2) is 0 Å². The van der Waals surface area contributed by atoms with Crippen molar-refractivity contribution in [2.75, 3.05) is 6.61 Å². The zero-order valence-corrected chi connectivity index (χ0v) is 6.18. The van der Waals surface area contributed by atoms with Crippen molar-refractivity contribution in [3.8, 4) is 0 Å². The third-order valence-electron chi connectivity index (χ3n) is 0.268. The predicted molar refractivity (Wildman–Crippen MR) is 34.3 cm³/mol. The van der Waals surface area contributed by atoms with Crippen LogP contribution in [0.25, 0.3) is 0 Å². The second kappa shape index (κ2) is 6.84. The molecule has 0 aromatic heterocycles. The average molecular weight is 130 g/mol. The molecule has 0 aliphatic carbocycles. The topological polar surface area (TPSA) is 9.23 Å². The molecule has 0 aliphatic rings. The predicted octanol–water partition coefficient (Wildman–Crippen LogP) is -1.65. The van der Waals surface area contributed by atoms with Gasteiger partial charge in [-0.2, -0.15) is 0 Å². The van der Waals surface area contributed by atoms with E-state index in [9.17, 15) is 0 Å².